The van der Waals surface area contributed by atoms with E-state index in [0.29, 0.717) is 13.1 Å². The molecular weight excluding hydrogens is 630 g/mol. The number of nitrogens with zero attached hydrogens (tertiary/aromatic N) is 1. The van der Waals surface area contributed by atoms with Crippen LogP contribution in [-0.4, -0.2) is 87.9 Å². The highest BCUT2D eigenvalue weighted by atomic mass is 16.6. The molecule has 6 atom stereocenters. The van der Waals surface area contributed by atoms with Crippen LogP contribution < -0.4 is 0 Å². The molecule has 4 N–H and O–H groups in total. The molecule has 0 aliphatic carbocycles. The average molecular weight is 715 g/mol. The fourth-order valence-electron chi connectivity index (χ4n) is 7.75. The lowest BCUT2D eigenvalue weighted by Crippen LogP contribution is -2.72. The Morgan fingerprint density at radius 2 is 0.820 bits per heavy atom. The van der Waals surface area contributed by atoms with Crippen molar-refractivity contribution in [2.45, 2.75) is 238 Å². The number of aliphatic hydroxyl groups is 4. The van der Waals surface area contributed by atoms with Crippen molar-refractivity contribution in [1.82, 2.24) is 0 Å². The van der Waals surface area contributed by atoms with E-state index in [1.165, 1.54) is 148 Å². The Morgan fingerprint density at radius 3 is 1.12 bits per heavy atom. The van der Waals surface area contributed by atoms with Gasteiger partial charge in [-0.05, 0) is 32.6 Å². The monoisotopic (exact) mass is 715 g/mol. The van der Waals surface area contributed by atoms with Crippen LogP contribution in [0.25, 0.3) is 0 Å². The quantitative estimate of drug-likeness (QED) is 0.0387. The lowest BCUT2D eigenvalue weighted by Gasteiger charge is -2.48. The predicted octanol–water partition coefficient (Wildman–Crippen LogP) is 10.1. The zero-order chi connectivity index (χ0) is 36.7. The van der Waals surface area contributed by atoms with E-state index in [2.05, 4.69) is 13.8 Å². The Balaban J connectivity index is 2.59. The SMILES string of the molecule is CCCCCCCCCCCCCCCCCC[N+](CCCCCCCCCCCCCCC)(C(=O)OCC)C1O[C@H](CO)[C@@H](O)[C@H](O)[C@H]1O. The minimum absolute atomic E-state index is 0.202. The van der Waals surface area contributed by atoms with Crippen LogP contribution in [0.3, 0.4) is 0 Å². The molecule has 8 heteroatoms. The van der Waals surface area contributed by atoms with Crippen LogP contribution in [0.5, 0.6) is 0 Å². The van der Waals surface area contributed by atoms with Crippen LogP contribution in [0.1, 0.15) is 207 Å². The average Bonchev–Trinajstić information content (AvgIpc) is 3.12. The summed E-state index contributed by atoms with van der Waals surface area (Å²) in [6.45, 7) is 6.85. The molecule has 1 aliphatic rings. The number of amides is 1. The van der Waals surface area contributed by atoms with Gasteiger partial charge in [-0.1, -0.05) is 174 Å². The van der Waals surface area contributed by atoms with Crippen LogP contribution in [0.15, 0.2) is 0 Å². The normalized spacial score (nSPS) is 22.1. The maximum Gasteiger partial charge on any atom is 0.518 e. The number of carbonyl (C=O) groups is 1. The lowest BCUT2D eigenvalue weighted by atomic mass is 9.96. The Kier molecular flexibility index (Phi) is 30.0. The van der Waals surface area contributed by atoms with E-state index in [1.807, 2.05) is 0 Å². The van der Waals surface area contributed by atoms with Gasteiger partial charge in [-0.2, -0.15) is 9.28 Å². The molecule has 2 unspecified atom stereocenters. The van der Waals surface area contributed by atoms with Gasteiger partial charge in [-0.15, -0.1) is 0 Å². The van der Waals surface area contributed by atoms with Crippen molar-refractivity contribution in [1.29, 1.82) is 0 Å². The number of aliphatic hydroxyl groups excluding tert-OH is 4. The zero-order valence-corrected chi connectivity index (χ0v) is 33.2. The third-order valence-electron chi connectivity index (χ3n) is 11.1. The summed E-state index contributed by atoms with van der Waals surface area (Å²) in [5, 5.41) is 42.3. The van der Waals surface area contributed by atoms with E-state index >= 15 is 0 Å². The van der Waals surface area contributed by atoms with Crippen molar-refractivity contribution < 1.29 is 39.2 Å². The molecule has 0 aromatic carbocycles. The minimum atomic E-state index is -1.52. The van der Waals surface area contributed by atoms with E-state index in [-0.39, 0.29) is 11.1 Å². The van der Waals surface area contributed by atoms with E-state index in [4.69, 9.17) is 9.47 Å². The Hall–Kier alpha value is -0.770. The summed E-state index contributed by atoms with van der Waals surface area (Å²) in [6.07, 6.45) is 29.0. The molecule has 1 amide bonds. The number of unbranched alkanes of at least 4 members (excludes halogenated alkanes) is 27. The Bertz CT molecular complexity index is 768. The Labute approximate surface area is 308 Å². The molecule has 298 valence electrons. The van der Waals surface area contributed by atoms with Gasteiger partial charge in [0.15, 0.2) is 6.10 Å². The molecule has 0 aromatic heterocycles. The number of quaternary nitrogens is 1. The molecule has 50 heavy (non-hydrogen) atoms. The lowest BCUT2D eigenvalue weighted by molar-refractivity contribution is -0.915. The highest BCUT2D eigenvalue weighted by Crippen LogP contribution is 2.32. The van der Waals surface area contributed by atoms with Gasteiger partial charge in [-0.25, -0.2) is 0 Å². The van der Waals surface area contributed by atoms with E-state index in [1.54, 1.807) is 6.92 Å². The number of hydrogen-bond donors (Lipinski definition) is 4. The van der Waals surface area contributed by atoms with Crippen molar-refractivity contribution in [3.63, 3.8) is 0 Å². The minimum Gasteiger partial charge on any atom is -0.420 e. The van der Waals surface area contributed by atoms with E-state index in [9.17, 15) is 25.2 Å². The van der Waals surface area contributed by atoms with Crippen molar-refractivity contribution >= 4 is 6.09 Å². The molecule has 0 spiro atoms. The molecular formula is C42H84NO7+. The first kappa shape index (κ1) is 47.3. The molecule has 1 saturated heterocycles. The largest absolute Gasteiger partial charge is 0.518 e. The van der Waals surface area contributed by atoms with Crippen LogP contribution >= 0.6 is 0 Å². The van der Waals surface area contributed by atoms with Gasteiger partial charge in [0.1, 0.15) is 18.3 Å². The molecule has 0 aromatic rings. The third kappa shape index (κ3) is 19.9. The first-order chi connectivity index (χ1) is 24.4. The fourth-order valence-corrected chi connectivity index (χ4v) is 7.75. The maximum atomic E-state index is 13.8. The van der Waals surface area contributed by atoms with Crippen LogP contribution in [0, 0.1) is 0 Å². The fraction of sp³-hybridized carbons (Fsp3) is 0.976. The summed E-state index contributed by atoms with van der Waals surface area (Å²) < 4.78 is 11.4. The van der Waals surface area contributed by atoms with Crippen LogP contribution in [0.4, 0.5) is 4.79 Å². The van der Waals surface area contributed by atoms with Crippen LogP contribution in [-0.2, 0) is 9.47 Å². The number of rotatable bonds is 34. The van der Waals surface area contributed by atoms with Crippen molar-refractivity contribution in [3.05, 3.63) is 0 Å². The second kappa shape index (κ2) is 31.7. The first-order valence-corrected chi connectivity index (χ1v) is 21.7. The maximum absolute atomic E-state index is 13.8. The van der Waals surface area contributed by atoms with Crippen molar-refractivity contribution in [3.8, 4) is 0 Å². The van der Waals surface area contributed by atoms with Gasteiger partial charge in [0.25, 0.3) is 0 Å². The van der Waals surface area contributed by atoms with Crippen LogP contribution in [0.2, 0.25) is 0 Å². The number of ether oxygens (including phenoxy) is 2. The summed E-state index contributed by atoms with van der Waals surface area (Å²) in [7, 11) is 0. The second-order valence-electron chi connectivity index (χ2n) is 15.4. The summed E-state index contributed by atoms with van der Waals surface area (Å²) in [5.41, 5.74) is 0. The molecule has 1 heterocycles. The molecule has 1 fully saturated rings. The van der Waals surface area contributed by atoms with E-state index in [0.717, 1.165) is 38.5 Å². The van der Waals surface area contributed by atoms with Gasteiger partial charge >= 0.3 is 6.09 Å². The Morgan fingerprint density at radius 1 is 0.500 bits per heavy atom. The smallest absolute Gasteiger partial charge is 0.420 e. The standard InChI is InChI=1S/C42H84NO7/c1-4-7-9-11-13-15-17-19-20-21-23-25-27-29-31-33-35-43(42(48)49-6-3,41-40(47)39(46)38(45)37(36-44)50-41)34-32-30-28-26-24-22-18-16-14-12-10-8-5-2/h37-41,44-47H,4-36H2,1-3H3/q+1/t37-,38-,39+,40-,41?,43?/m1/s1. The molecule has 1 rings (SSSR count). The summed E-state index contributed by atoms with van der Waals surface area (Å²) in [5.74, 6) is 0. The van der Waals surface area contributed by atoms with Crippen molar-refractivity contribution in [2.24, 2.45) is 0 Å². The second-order valence-corrected chi connectivity index (χ2v) is 15.4. The highest BCUT2D eigenvalue weighted by Gasteiger charge is 2.57. The molecule has 0 saturated carbocycles. The number of carbonyl (C=O) groups excluding carboxylic acids is 1. The summed E-state index contributed by atoms with van der Waals surface area (Å²) in [6, 6.07) is 0. The summed E-state index contributed by atoms with van der Waals surface area (Å²) in [4.78, 5) is 13.8. The number of hydrogen-bond acceptors (Lipinski definition) is 7. The summed E-state index contributed by atoms with van der Waals surface area (Å²) >= 11 is 0. The molecule has 1 aliphatic heterocycles. The van der Waals surface area contributed by atoms with E-state index < -0.39 is 43.3 Å². The van der Waals surface area contributed by atoms with Gasteiger partial charge < -0.3 is 29.9 Å². The van der Waals surface area contributed by atoms with Gasteiger partial charge in [0, 0.05) is 0 Å². The zero-order valence-electron chi connectivity index (χ0n) is 33.2. The first-order valence-electron chi connectivity index (χ1n) is 21.7. The van der Waals surface area contributed by atoms with Gasteiger partial charge in [0.05, 0.1) is 26.3 Å². The molecule has 0 bridgehead atoms. The predicted molar refractivity (Wildman–Crippen MR) is 206 cm³/mol. The highest BCUT2D eigenvalue weighted by molar-refractivity contribution is 5.60. The molecule has 8 nitrogen and oxygen atoms in total. The van der Waals surface area contributed by atoms with Crippen molar-refractivity contribution in [2.75, 3.05) is 26.3 Å². The van der Waals surface area contributed by atoms with Gasteiger partial charge in [0.2, 0.25) is 6.23 Å². The third-order valence-corrected chi connectivity index (χ3v) is 11.1. The van der Waals surface area contributed by atoms with Gasteiger partial charge in [-0.3, -0.25) is 0 Å². The topological polar surface area (TPSA) is 116 Å². The molecule has 0 radical (unpaired) electrons.